The molecule has 5 nitrogen and oxygen atoms in total. The van der Waals surface area contributed by atoms with E-state index < -0.39 is 11.8 Å². The number of hydrogen-bond acceptors (Lipinski definition) is 3. The fourth-order valence-corrected chi connectivity index (χ4v) is 2.20. The summed E-state index contributed by atoms with van der Waals surface area (Å²) < 4.78 is 12.8. The molecule has 0 unspecified atom stereocenters. The van der Waals surface area contributed by atoms with Crippen molar-refractivity contribution in [1.29, 1.82) is 0 Å². The topological polar surface area (TPSA) is 57.7 Å². The van der Waals surface area contributed by atoms with Crippen LogP contribution in [0.25, 0.3) is 0 Å². The van der Waals surface area contributed by atoms with E-state index in [4.69, 9.17) is 0 Å². The zero-order chi connectivity index (χ0) is 15.4. The highest BCUT2D eigenvalue weighted by atomic mass is 19.1. The molecule has 112 valence electrons. The zero-order valence-corrected chi connectivity index (χ0v) is 11.8. The van der Waals surface area contributed by atoms with Crippen LogP contribution in [-0.4, -0.2) is 54.1 Å². The van der Waals surface area contributed by atoms with Crippen LogP contribution in [0.15, 0.2) is 24.3 Å². The molecular weight excluding hydrogens is 275 g/mol. The first-order valence-electron chi connectivity index (χ1n) is 6.82. The Hall–Kier alpha value is -2.24. The quantitative estimate of drug-likeness (QED) is 0.603. The number of piperazine rings is 1. The predicted octanol–water partition coefficient (Wildman–Crippen LogP) is 1.09. The molecule has 1 aliphatic rings. The molecule has 0 aliphatic carbocycles. The summed E-state index contributed by atoms with van der Waals surface area (Å²) in [7, 11) is 1.59. The molecule has 1 saturated heterocycles. The number of nitrogens with zero attached hydrogens (tertiary/aromatic N) is 2. The molecule has 1 aromatic rings. The lowest BCUT2D eigenvalue weighted by Crippen LogP contribution is -2.52. The van der Waals surface area contributed by atoms with E-state index in [1.54, 1.807) is 7.05 Å². The van der Waals surface area contributed by atoms with Gasteiger partial charge >= 0.3 is 11.8 Å². The van der Waals surface area contributed by atoms with Gasteiger partial charge in [-0.05, 0) is 30.7 Å². The van der Waals surface area contributed by atoms with Crippen molar-refractivity contribution in [2.45, 2.75) is 12.8 Å². The first-order valence-corrected chi connectivity index (χ1v) is 6.82. The minimum Gasteiger partial charge on any atom is -0.336 e. The number of hydrogen-bond donors (Lipinski definition) is 0. The molecule has 0 atom stereocenters. The standard InChI is InChI=1S/C15H17FN2O3/c1-17-9-10-18(15(21)14(17)20)8-2-3-13(19)11-4-6-12(16)7-5-11/h4-7H,2-3,8-10H2,1H3. The summed E-state index contributed by atoms with van der Waals surface area (Å²) in [5.74, 6) is -1.50. The number of carbonyl (C=O) groups excluding carboxylic acids is 3. The third kappa shape index (κ3) is 3.65. The fourth-order valence-electron chi connectivity index (χ4n) is 2.20. The molecule has 1 aliphatic heterocycles. The molecule has 6 heteroatoms. The van der Waals surface area contributed by atoms with E-state index in [0.29, 0.717) is 31.6 Å². The number of likely N-dealkylation sites (N-methyl/N-ethyl adjacent to an activating group) is 1. The Bertz CT molecular complexity index is 557. The van der Waals surface area contributed by atoms with Crippen LogP contribution in [0.3, 0.4) is 0 Å². The number of ketones is 1. The second-order valence-corrected chi connectivity index (χ2v) is 5.05. The maximum Gasteiger partial charge on any atom is 0.312 e. The first-order chi connectivity index (χ1) is 9.99. The van der Waals surface area contributed by atoms with Gasteiger partial charge in [-0.1, -0.05) is 0 Å². The molecule has 21 heavy (non-hydrogen) atoms. The van der Waals surface area contributed by atoms with Crippen molar-refractivity contribution in [2.24, 2.45) is 0 Å². The Labute approximate surface area is 122 Å². The van der Waals surface area contributed by atoms with E-state index in [1.165, 1.54) is 34.1 Å². The first kappa shape index (κ1) is 15.2. The molecule has 0 saturated carbocycles. The molecule has 1 heterocycles. The van der Waals surface area contributed by atoms with Crippen molar-refractivity contribution in [3.63, 3.8) is 0 Å². The molecule has 0 radical (unpaired) electrons. The normalized spacial score (nSPS) is 15.5. The van der Waals surface area contributed by atoms with Crippen molar-refractivity contribution < 1.29 is 18.8 Å². The Morgan fingerprint density at radius 2 is 1.81 bits per heavy atom. The third-order valence-electron chi connectivity index (χ3n) is 3.52. The highest BCUT2D eigenvalue weighted by Gasteiger charge is 2.29. The van der Waals surface area contributed by atoms with Gasteiger partial charge in [0.05, 0.1) is 0 Å². The number of rotatable bonds is 5. The van der Waals surface area contributed by atoms with E-state index in [0.717, 1.165) is 0 Å². The second-order valence-electron chi connectivity index (χ2n) is 5.05. The summed E-state index contributed by atoms with van der Waals surface area (Å²) in [5.41, 5.74) is 0.456. The van der Waals surface area contributed by atoms with Gasteiger partial charge in [-0.2, -0.15) is 0 Å². The lowest BCUT2D eigenvalue weighted by atomic mass is 10.1. The van der Waals surface area contributed by atoms with Crippen molar-refractivity contribution in [3.05, 3.63) is 35.6 Å². The summed E-state index contributed by atoms with van der Waals surface area (Å²) in [5, 5.41) is 0. The van der Waals surface area contributed by atoms with Gasteiger partial charge in [-0.3, -0.25) is 14.4 Å². The van der Waals surface area contributed by atoms with Crippen molar-refractivity contribution >= 4 is 17.6 Å². The number of halogens is 1. The lowest BCUT2D eigenvalue weighted by molar-refractivity contribution is -0.154. The van der Waals surface area contributed by atoms with Crippen molar-refractivity contribution in [2.75, 3.05) is 26.7 Å². The van der Waals surface area contributed by atoms with E-state index >= 15 is 0 Å². The summed E-state index contributed by atoms with van der Waals surface area (Å²) in [6.07, 6.45) is 0.748. The molecule has 0 spiro atoms. The van der Waals surface area contributed by atoms with Crippen LogP contribution in [0.2, 0.25) is 0 Å². The van der Waals surface area contributed by atoms with Crippen LogP contribution in [0, 0.1) is 5.82 Å². The Morgan fingerprint density at radius 3 is 2.48 bits per heavy atom. The van der Waals surface area contributed by atoms with Gasteiger partial charge in [-0.25, -0.2) is 4.39 Å². The molecule has 0 bridgehead atoms. The molecule has 0 aromatic heterocycles. The highest BCUT2D eigenvalue weighted by Crippen LogP contribution is 2.09. The molecule has 2 rings (SSSR count). The van der Waals surface area contributed by atoms with E-state index in [-0.39, 0.29) is 18.0 Å². The minimum absolute atomic E-state index is 0.0945. The van der Waals surface area contributed by atoms with Crippen molar-refractivity contribution in [3.8, 4) is 0 Å². The summed E-state index contributed by atoms with van der Waals surface area (Å²) >= 11 is 0. The maximum absolute atomic E-state index is 12.8. The van der Waals surface area contributed by atoms with Crippen LogP contribution in [0.5, 0.6) is 0 Å². The molecular formula is C15H17FN2O3. The van der Waals surface area contributed by atoms with E-state index in [1.807, 2.05) is 0 Å². The van der Waals surface area contributed by atoms with Crippen molar-refractivity contribution in [1.82, 2.24) is 9.80 Å². The van der Waals surface area contributed by atoms with Gasteiger partial charge in [0, 0.05) is 38.7 Å². The van der Waals surface area contributed by atoms with Crippen LogP contribution < -0.4 is 0 Å². The summed E-state index contributed by atoms with van der Waals surface area (Å²) in [6, 6.07) is 5.39. The lowest BCUT2D eigenvalue weighted by Gasteiger charge is -2.31. The summed E-state index contributed by atoms with van der Waals surface area (Å²) in [4.78, 5) is 38.0. The maximum atomic E-state index is 12.8. The predicted molar refractivity (Wildman–Crippen MR) is 74.2 cm³/mol. The zero-order valence-electron chi connectivity index (χ0n) is 11.8. The largest absolute Gasteiger partial charge is 0.336 e. The van der Waals surface area contributed by atoms with Gasteiger partial charge < -0.3 is 9.80 Å². The van der Waals surface area contributed by atoms with Crippen LogP contribution in [0.1, 0.15) is 23.2 Å². The molecule has 1 fully saturated rings. The van der Waals surface area contributed by atoms with Crippen LogP contribution >= 0.6 is 0 Å². The number of benzene rings is 1. The Balaban J connectivity index is 1.81. The SMILES string of the molecule is CN1CCN(CCCC(=O)c2ccc(F)cc2)C(=O)C1=O. The third-order valence-corrected chi connectivity index (χ3v) is 3.52. The van der Waals surface area contributed by atoms with Gasteiger partial charge in [0.2, 0.25) is 0 Å². The monoisotopic (exact) mass is 292 g/mol. The van der Waals surface area contributed by atoms with Crippen LogP contribution in [0.4, 0.5) is 4.39 Å². The average molecular weight is 292 g/mol. The average Bonchev–Trinajstić information content (AvgIpc) is 2.48. The van der Waals surface area contributed by atoms with Gasteiger partial charge in [-0.15, -0.1) is 0 Å². The second kappa shape index (κ2) is 6.47. The van der Waals surface area contributed by atoms with Crippen LogP contribution in [-0.2, 0) is 9.59 Å². The smallest absolute Gasteiger partial charge is 0.312 e. The van der Waals surface area contributed by atoms with Gasteiger partial charge in [0.25, 0.3) is 0 Å². The fraction of sp³-hybridized carbons (Fsp3) is 0.400. The Kier molecular flexibility index (Phi) is 4.67. The highest BCUT2D eigenvalue weighted by molar-refractivity contribution is 6.35. The molecule has 1 aromatic carbocycles. The molecule has 0 N–H and O–H groups in total. The summed E-state index contributed by atoms with van der Waals surface area (Å²) in [6.45, 7) is 1.38. The van der Waals surface area contributed by atoms with Gasteiger partial charge in [0.1, 0.15) is 5.82 Å². The molecule has 2 amide bonds. The number of amides is 2. The Morgan fingerprint density at radius 1 is 1.14 bits per heavy atom. The van der Waals surface area contributed by atoms with E-state index in [2.05, 4.69) is 0 Å². The minimum atomic E-state index is -0.516. The van der Waals surface area contributed by atoms with E-state index in [9.17, 15) is 18.8 Å². The number of Topliss-reactive ketones (excluding diaryl/α,β-unsaturated/α-hetero) is 1. The number of carbonyl (C=O) groups is 3. The van der Waals surface area contributed by atoms with Gasteiger partial charge in [0.15, 0.2) is 5.78 Å².